The number of unbranched alkanes of at least 4 members (excludes halogenated alkanes) is 3. The fourth-order valence-electron chi connectivity index (χ4n) is 4.56. The van der Waals surface area contributed by atoms with Crippen LogP contribution < -0.4 is 10.6 Å². The highest BCUT2D eigenvalue weighted by Crippen LogP contribution is 2.34. The number of aliphatic carboxylic acids is 1. The monoisotopic (exact) mass is 630 g/mol. The highest BCUT2D eigenvalue weighted by Gasteiger charge is 2.55. The quantitative estimate of drug-likeness (QED) is 0.0777. The topological polar surface area (TPSA) is 204 Å². The first-order valence-corrected chi connectivity index (χ1v) is 14.1. The maximum absolute atomic E-state index is 12.7. The number of carbonyl (C=O) groups is 3. The van der Waals surface area contributed by atoms with Crippen molar-refractivity contribution < 1.29 is 62.9 Å². The molecule has 1 aliphatic rings. The molecule has 13 nitrogen and oxygen atoms in total. The lowest BCUT2D eigenvalue weighted by Crippen LogP contribution is -2.68. The van der Waals surface area contributed by atoms with Crippen LogP contribution in [0.25, 0.3) is 0 Å². The average Bonchev–Trinajstić information content (AvgIpc) is 2.99. The first-order valence-electron chi connectivity index (χ1n) is 14.1. The van der Waals surface area contributed by atoms with Crippen molar-refractivity contribution >= 4 is 17.8 Å². The summed E-state index contributed by atoms with van der Waals surface area (Å²) in [5.41, 5.74) is 0.196. The van der Waals surface area contributed by atoms with Gasteiger partial charge in [-0.25, -0.2) is 13.6 Å². The highest BCUT2D eigenvalue weighted by atomic mass is 19.3. The molecule has 0 bridgehead atoms. The second-order valence-corrected chi connectivity index (χ2v) is 10.3. The Balaban J connectivity index is 2.05. The molecule has 0 radical (unpaired) electrons. The SMILES string of the molecule is C#CCOCCCCCCO[C@]1(C(=O)O)C[C@H](O)[C@@H](NC(=O)CO)[C@H]([C@H](O)[C@H](O)CNC(=O)Cc2ccc(C(F)F)cc2)O1. The lowest BCUT2D eigenvalue weighted by Gasteiger charge is -2.46. The van der Waals surface area contributed by atoms with Crippen LogP contribution in [-0.2, 0) is 35.0 Å². The Hall–Kier alpha value is -3.23. The van der Waals surface area contributed by atoms with E-state index < -0.39 is 80.0 Å². The van der Waals surface area contributed by atoms with E-state index in [0.717, 1.165) is 12.8 Å². The van der Waals surface area contributed by atoms with E-state index in [-0.39, 0.29) is 25.2 Å². The maximum Gasteiger partial charge on any atom is 0.364 e. The molecule has 7 N–H and O–H groups in total. The molecule has 1 fully saturated rings. The molecule has 1 aromatic rings. The minimum atomic E-state index is -2.67. The van der Waals surface area contributed by atoms with Gasteiger partial charge in [-0.1, -0.05) is 43.0 Å². The Kier molecular flexibility index (Phi) is 15.6. The van der Waals surface area contributed by atoms with Crippen molar-refractivity contribution in [2.45, 2.75) is 81.2 Å². The Morgan fingerprint density at radius 3 is 2.34 bits per heavy atom. The second kappa shape index (κ2) is 18.5. The number of halogens is 2. The molecule has 0 saturated carbocycles. The summed E-state index contributed by atoms with van der Waals surface area (Å²) in [6, 6.07) is 3.57. The number of benzene rings is 1. The maximum atomic E-state index is 12.7. The zero-order valence-electron chi connectivity index (χ0n) is 24.1. The number of ether oxygens (including phenoxy) is 3. The van der Waals surface area contributed by atoms with E-state index in [2.05, 4.69) is 16.6 Å². The van der Waals surface area contributed by atoms with Crippen molar-refractivity contribution in [2.24, 2.45) is 0 Å². The van der Waals surface area contributed by atoms with Gasteiger partial charge >= 0.3 is 5.97 Å². The van der Waals surface area contributed by atoms with Gasteiger partial charge in [0.2, 0.25) is 11.8 Å². The number of hydrogen-bond donors (Lipinski definition) is 7. The van der Waals surface area contributed by atoms with Crippen molar-refractivity contribution in [1.29, 1.82) is 0 Å². The first-order chi connectivity index (χ1) is 20.9. The lowest BCUT2D eigenvalue weighted by molar-refractivity contribution is -0.310. The molecular weight excluding hydrogens is 590 g/mol. The fraction of sp³-hybridized carbons (Fsp3) is 0.621. The minimum absolute atomic E-state index is 0.0996. The number of hydrogen-bond acceptors (Lipinski definition) is 10. The Morgan fingerprint density at radius 2 is 1.75 bits per heavy atom. The number of carboxylic acid groups (broad SMARTS) is 1. The van der Waals surface area contributed by atoms with Crippen molar-refractivity contribution in [2.75, 3.05) is 33.0 Å². The normalized spacial score (nSPS) is 23.0. The number of rotatable bonds is 19. The largest absolute Gasteiger partial charge is 0.477 e. The smallest absolute Gasteiger partial charge is 0.364 e. The second-order valence-electron chi connectivity index (χ2n) is 10.3. The van der Waals surface area contributed by atoms with E-state index in [0.29, 0.717) is 25.0 Å². The molecule has 246 valence electrons. The molecule has 2 rings (SSSR count). The summed E-state index contributed by atoms with van der Waals surface area (Å²) < 4.78 is 41.9. The Labute approximate surface area is 253 Å². The van der Waals surface area contributed by atoms with Crippen LogP contribution in [0.2, 0.25) is 0 Å². The lowest BCUT2D eigenvalue weighted by atomic mass is 9.88. The molecule has 0 aliphatic carbocycles. The van der Waals surface area contributed by atoms with E-state index in [1.54, 1.807) is 0 Å². The molecule has 1 saturated heterocycles. The molecule has 1 aromatic carbocycles. The zero-order valence-corrected chi connectivity index (χ0v) is 24.1. The molecule has 1 heterocycles. The summed E-state index contributed by atoms with van der Waals surface area (Å²) in [6.45, 7) is -0.971. The van der Waals surface area contributed by atoms with Crippen LogP contribution in [0.3, 0.4) is 0 Å². The van der Waals surface area contributed by atoms with Crippen LogP contribution in [0.1, 0.15) is 49.7 Å². The molecule has 15 heteroatoms. The fourth-order valence-corrected chi connectivity index (χ4v) is 4.56. The molecule has 6 atom stereocenters. The van der Waals surface area contributed by atoms with Crippen LogP contribution in [-0.4, -0.2) is 113 Å². The van der Waals surface area contributed by atoms with Crippen LogP contribution in [0.5, 0.6) is 0 Å². The van der Waals surface area contributed by atoms with Gasteiger partial charge in [0.15, 0.2) is 0 Å². The van der Waals surface area contributed by atoms with Gasteiger partial charge in [0.05, 0.1) is 31.3 Å². The van der Waals surface area contributed by atoms with Crippen molar-refractivity contribution in [3.8, 4) is 12.3 Å². The van der Waals surface area contributed by atoms with Gasteiger partial charge in [-0.3, -0.25) is 9.59 Å². The average molecular weight is 631 g/mol. The van der Waals surface area contributed by atoms with E-state index in [4.69, 9.17) is 25.7 Å². The summed E-state index contributed by atoms with van der Waals surface area (Å²) in [6.07, 6.45) is -3.07. The number of terminal acetylenes is 1. The van der Waals surface area contributed by atoms with Crippen LogP contribution in [0.4, 0.5) is 8.78 Å². The van der Waals surface area contributed by atoms with Gasteiger partial charge < -0.3 is 50.4 Å². The van der Waals surface area contributed by atoms with Gasteiger partial charge in [-0.2, -0.15) is 0 Å². The Morgan fingerprint density at radius 1 is 1.09 bits per heavy atom. The number of alkyl halides is 2. The molecular formula is C29H40F2N2O11. The summed E-state index contributed by atoms with van der Waals surface area (Å²) >= 11 is 0. The Bertz CT molecular complexity index is 1100. The van der Waals surface area contributed by atoms with E-state index in [9.17, 15) is 43.6 Å². The predicted octanol–water partition coefficient (Wildman–Crippen LogP) is -0.361. The van der Waals surface area contributed by atoms with Crippen molar-refractivity contribution in [1.82, 2.24) is 10.6 Å². The van der Waals surface area contributed by atoms with Gasteiger partial charge in [0, 0.05) is 25.1 Å². The number of amides is 2. The molecule has 0 unspecified atom stereocenters. The van der Waals surface area contributed by atoms with E-state index in [1.165, 1.54) is 24.3 Å². The number of nitrogens with one attached hydrogen (secondary N) is 2. The summed E-state index contributed by atoms with van der Waals surface area (Å²) in [4.78, 5) is 36.6. The van der Waals surface area contributed by atoms with Crippen molar-refractivity contribution in [3.63, 3.8) is 0 Å². The highest BCUT2D eigenvalue weighted by molar-refractivity contribution is 5.79. The summed E-state index contributed by atoms with van der Waals surface area (Å²) in [7, 11) is 0. The van der Waals surface area contributed by atoms with Gasteiger partial charge in [0.25, 0.3) is 12.2 Å². The third kappa shape index (κ3) is 11.4. The molecule has 0 aromatic heterocycles. The summed E-state index contributed by atoms with van der Waals surface area (Å²) in [5, 5.41) is 56.2. The van der Waals surface area contributed by atoms with Crippen LogP contribution in [0.15, 0.2) is 24.3 Å². The van der Waals surface area contributed by atoms with Crippen molar-refractivity contribution in [3.05, 3.63) is 35.4 Å². The number of aliphatic hydroxyl groups excluding tert-OH is 4. The van der Waals surface area contributed by atoms with Crippen LogP contribution >= 0.6 is 0 Å². The van der Waals surface area contributed by atoms with Crippen LogP contribution in [0, 0.1) is 12.3 Å². The number of carboxylic acids is 1. The number of carbonyl (C=O) groups excluding carboxylic acids is 2. The zero-order chi connectivity index (χ0) is 32.7. The number of aliphatic hydroxyl groups is 4. The van der Waals surface area contributed by atoms with Gasteiger partial charge in [-0.05, 0) is 18.4 Å². The molecule has 44 heavy (non-hydrogen) atoms. The minimum Gasteiger partial charge on any atom is -0.477 e. The summed E-state index contributed by atoms with van der Waals surface area (Å²) in [5.74, 6) is -3.31. The standard InChI is InChI=1S/C29H40F2N2O11/c1-2-11-42-12-5-3-4-6-13-43-29(28(40)41)15-20(35)24(33-23(38)17-34)26(44-29)25(39)21(36)16-32-22(37)14-18-7-9-19(10-8-18)27(30)31/h1,7-10,20-21,24-27,34-36,39H,3-6,11-17H2,(H,32,37)(H,33,38)(H,40,41)/t20-,21+,24+,25+,26+,29+/m0/s1. The molecule has 0 spiro atoms. The third-order valence-corrected chi connectivity index (χ3v) is 6.91. The predicted molar refractivity (Wildman–Crippen MR) is 149 cm³/mol. The van der Waals surface area contributed by atoms with Gasteiger partial charge in [-0.15, -0.1) is 6.42 Å². The van der Waals surface area contributed by atoms with E-state index >= 15 is 0 Å². The third-order valence-electron chi connectivity index (χ3n) is 6.91. The van der Waals surface area contributed by atoms with E-state index in [1.807, 2.05) is 0 Å². The molecule has 1 aliphatic heterocycles. The first kappa shape index (κ1) is 37.0. The molecule has 2 amide bonds. The van der Waals surface area contributed by atoms with Gasteiger partial charge in [0.1, 0.15) is 25.4 Å².